The summed E-state index contributed by atoms with van der Waals surface area (Å²) in [6.45, 7) is 6.45. The average Bonchev–Trinajstić information content (AvgIpc) is 2.71. The fourth-order valence-corrected chi connectivity index (χ4v) is 1.98. The lowest BCUT2D eigenvalue weighted by molar-refractivity contribution is 0.0422. The molecule has 0 saturated heterocycles. The van der Waals surface area contributed by atoms with Crippen LogP contribution in [0.25, 0.3) is 0 Å². The first kappa shape index (κ1) is 12.0. The lowest BCUT2D eigenvalue weighted by atomic mass is 10.2. The van der Waals surface area contributed by atoms with E-state index in [1.165, 1.54) is 38.5 Å². The van der Waals surface area contributed by atoms with Crippen molar-refractivity contribution in [2.45, 2.75) is 64.5 Å². The van der Waals surface area contributed by atoms with Crippen LogP contribution in [0.5, 0.6) is 0 Å². The van der Waals surface area contributed by atoms with Gasteiger partial charge in [-0.25, -0.2) is 0 Å². The Hall–Kier alpha value is -0.0800. The summed E-state index contributed by atoms with van der Waals surface area (Å²) in [7, 11) is 0. The Labute approximate surface area is 88.4 Å². The number of nitrogens with one attached hydrogen (secondary N) is 1. The van der Waals surface area contributed by atoms with Gasteiger partial charge in [0.1, 0.15) is 0 Å². The Balaban J connectivity index is 2.06. The maximum absolute atomic E-state index is 5.89. The molecule has 1 N–H and O–H groups in total. The number of hydrogen-bond donors (Lipinski definition) is 1. The summed E-state index contributed by atoms with van der Waals surface area (Å²) in [6.07, 6.45) is 8.24. The minimum atomic E-state index is 0.562. The van der Waals surface area contributed by atoms with Crippen LogP contribution in [0.4, 0.5) is 0 Å². The Kier molecular flexibility index (Phi) is 6.20. The van der Waals surface area contributed by atoms with E-state index in [1.807, 2.05) is 0 Å². The largest absolute Gasteiger partial charge is 0.377 e. The van der Waals surface area contributed by atoms with Gasteiger partial charge in [0, 0.05) is 6.04 Å². The van der Waals surface area contributed by atoms with Crippen molar-refractivity contribution in [2.24, 2.45) is 0 Å². The molecule has 0 aromatic heterocycles. The van der Waals surface area contributed by atoms with Crippen molar-refractivity contribution >= 4 is 0 Å². The van der Waals surface area contributed by atoms with Crippen molar-refractivity contribution in [3.63, 3.8) is 0 Å². The van der Waals surface area contributed by atoms with Crippen LogP contribution in [0, 0.1) is 0 Å². The first-order valence-electron chi connectivity index (χ1n) is 6.21. The molecule has 14 heavy (non-hydrogen) atoms. The highest BCUT2D eigenvalue weighted by molar-refractivity contribution is 4.69. The van der Waals surface area contributed by atoms with Gasteiger partial charge in [0.05, 0.1) is 12.7 Å². The lowest BCUT2D eigenvalue weighted by Crippen LogP contribution is -2.34. The highest BCUT2D eigenvalue weighted by Crippen LogP contribution is 2.21. The van der Waals surface area contributed by atoms with E-state index in [4.69, 9.17) is 4.74 Å². The van der Waals surface area contributed by atoms with E-state index in [0.29, 0.717) is 12.1 Å². The Morgan fingerprint density at radius 2 is 2.00 bits per heavy atom. The first-order chi connectivity index (χ1) is 6.86. The van der Waals surface area contributed by atoms with E-state index >= 15 is 0 Å². The fraction of sp³-hybridized carbons (Fsp3) is 1.00. The van der Waals surface area contributed by atoms with E-state index < -0.39 is 0 Å². The summed E-state index contributed by atoms with van der Waals surface area (Å²) in [5, 5.41) is 3.52. The summed E-state index contributed by atoms with van der Waals surface area (Å²) < 4.78 is 5.89. The highest BCUT2D eigenvalue weighted by Gasteiger charge is 2.16. The third-order valence-electron chi connectivity index (χ3n) is 3.01. The average molecular weight is 199 g/mol. The van der Waals surface area contributed by atoms with Gasteiger partial charge in [0.15, 0.2) is 0 Å². The van der Waals surface area contributed by atoms with Crippen molar-refractivity contribution in [1.29, 1.82) is 0 Å². The van der Waals surface area contributed by atoms with Crippen LogP contribution in [0.15, 0.2) is 0 Å². The summed E-state index contributed by atoms with van der Waals surface area (Å²) in [5.41, 5.74) is 0. The standard InChI is InChI=1S/C12H25NO/c1-3-9-13-11(4-2)10-14-12-7-5-6-8-12/h11-13H,3-10H2,1-2H3. The molecule has 0 spiro atoms. The summed E-state index contributed by atoms with van der Waals surface area (Å²) in [5.74, 6) is 0. The molecule has 1 aliphatic rings. The minimum absolute atomic E-state index is 0.562. The van der Waals surface area contributed by atoms with E-state index in [-0.39, 0.29) is 0 Å². The molecule has 0 aliphatic heterocycles. The molecule has 1 unspecified atom stereocenters. The summed E-state index contributed by atoms with van der Waals surface area (Å²) in [4.78, 5) is 0. The van der Waals surface area contributed by atoms with E-state index in [1.54, 1.807) is 0 Å². The van der Waals surface area contributed by atoms with Crippen molar-refractivity contribution < 1.29 is 4.74 Å². The molecule has 0 radical (unpaired) electrons. The zero-order valence-corrected chi connectivity index (χ0v) is 9.72. The second kappa shape index (κ2) is 7.24. The maximum Gasteiger partial charge on any atom is 0.0623 e. The monoisotopic (exact) mass is 199 g/mol. The topological polar surface area (TPSA) is 21.3 Å². The van der Waals surface area contributed by atoms with E-state index in [0.717, 1.165) is 13.2 Å². The Morgan fingerprint density at radius 3 is 2.57 bits per heavy atom. The molecule has 0 amide bonds. The van der Waals surface area contributed by atoms with Crippen molar-refractivity contribution in [2.75, 3.05) is 13.2 Å². The Bertz CT molecular complexity index is 132. The van der Waals surface area contributed by atoms with Gasteiger partial charge in [-0.2, -0.15) is 0 Å². The van der Waals surface area contributed by atoms with E-state index in [9.17, 15) is 0 Å². The molecule has 1 rings (SSSR count). The Morgan fingerprint density at radius 1 is 1.29 bits per heavy atom. The van der Waals surface area contributed by atoms with Crippen LogP contribution in [0.3, 0.4) is 0 Å². The quantitative estimate of drug-likeness (QED) is 0.680. The third kappa shape index (κ3) is 4.43. The number of rotatable bonds is 7. The van der Waals surface area contributed by atoms with Crippen LogP contribution in [-0.4, -0.2) is 25.3 Å². The lowest BCUT2D eigenvalue weighted by Gasteiger charge is -2.19. The summed E-state index contributed by atoms with van der Waals surface area (Å²) >= 11 is 0. The highest BCUT2D eigenvalue weighted by atomic mass is 16.5. The smallest absolute Gasteiger partial charge is 0.0623 e. The zero-order chi connectivity index (χ0) is 10.2. The molecule has 0 heterocycles. The number of ether oxygens (including phenoxy) is 1. The third-order valence-corrected chi connectivity index (χ3v) is 3.01. The molecule has 2 nitrogen and oxygen atoms in total. The first-order valence-corrected chi connectivity index (χ1v) is 6.21. The molecule has 0 aromatic rings. The molecular weight excluding hydrogens is 174 g/mol. The molecule has 1 atom stereocenters. The molecule has 0 bridgehead atoms. The molecule has 2 heteroatoms. The van der Waals surface area contributed by atoms with Gasteiger partial charge in [-0.1, -0.05) is 26.7 Å². The van der Waals surface area contributed by atoms with Crippen molar-refractivity contribution in [1.82, 2.24) is 5.32 Å². The molecule has 0 aromatic carbocycles. The number of hydrogen-bond acceptors (Lipinski definition) is 2. The molecule has 1 aliphatic carbocycles. The zero-order valence-electron chi connectivity index (χ0n) is 9.72. The fourth-order valence-electron chi connectivity index (χ4n) is 1.98. The van der Waals surface area contributed by atoms with Crippen LogP contribution in [0.2, 0.25) is 0 Å². The van der Waals surface area contributed by atoms with Crippen LogP contribution in [-0.2, 0) is 4.74 Å². The minimum Gasteiger partial charge on any atom is -0.377 e. The van der Waals surface area contributed by atoms with Crippen LogP contribution >= 0.6 is 0 Å². The maximum atomic E-state index is 5.89. The molecule has 84 valence electrons. The van der Waals surface area contributed by atoms with Gasteiger partial charge >= 0.3 is 0 Å². The second-order valence-corrected chi connectivity index (χ2v) is 4.30. The molecule has 1 fully saturated rings. The van der Waals surface area contributed by atoms with Crippen LogP contribution < -0.4 is 5.32 Å². The van der Waals surface area contributed by atoms with Gasteiger partial charge < -0.3 is 10.1 Å². The normalized spacial score (nSPS) is 20.1. The summed E-state index contributed by atoms with van der Waals surface area (Å²) in [6, 6.07) is 0.565. The molecule has 1 saturated carbocycles. The predicted molar refractivity (Wildman–Crippen MR) is 60.6 cm³/mol. The van der Waals surface area contributed by atoms with E-state index in [2.05, 4.69) is 19.2 Å². The van der Waals surface area contributed by atoms with Gasteiger partial charge in [-0.05, 0) is 32.2 Å². The SMILES string of the molecule is CCCNC(CC)COC1CCCC1. The second-order valence-electron chi connectivity index (χ2n) is 4.30. The van der Waals surface area contributed by atoms with Gasteiger partial charge in [-0.15, -0.1) is 0 Å². The van der Waals surface area contributed by atoms with Crippen molar-refractivity contribution in [3.8, 4) is 0 Å². The molecular formula is C12H25NO. The van der Waals surface area contributed by atoms with Crippen LogP contribution in [0.1, 0.15) is 52.4 Å². The predicted octanol–water partition coefficient (Wildman–Crippen LogP) is 2.72. The van der Waals surface area contributed by atoms with Gasteiger partial charge in [-0.3, -0.25) is 0 Å². The van der Waals surface area contributed by atoms with Crippen molar-refractivity contribution in [3.05, 3.63) is 0 Å². The van der Waals surface area contributed by atoms with Gasteiger partial charge in [0.25, 0.3) is 0 Å². The van der Waals surface area contributed by atoms with Gasteiger partial charge in [0.2, 0.25) is 0 Å².